The molecule has 0 unspecified atom stereocenters. The van der Waals surface area contributed by atoms with Crippen LogP contribution in [0, 0.1) is 11.3 Å². The molecule has 0 bridgehead atoms. The van der Waals surface area contributed by atoms with E-state index in [9.17, 15) is 9.59 Å². The SMILES string of the molecule is COC(=O)CC(=O)c1c(C#N)cccc1OC. The average molecular weight is 233 g/mol. The summed E-state index contributed by atoms with van der Waals surface area (Å²) in [5, 5.41) is 8.90. The van der Waals surface area contributed by atoms with Crippen LogP contribution in [0.25, 0.3) is 0 Å². The summed E-state index contributed by atoms with van der Waals surface area (Å²) < 4.78 is 9.41. The third kappa shape index (κ3) is 2.82. The van der Waals surface area contributed by atoms with Crippen LogP contribution in [0.4, 0.5) is 0 Å². The second-order valence-corrected chi connectivity index (χ2v) is 3.17. The predicted octanol–water partition coefficient (Wildman–Crippen LogP) is 1.31. The number of hydrogen-bond acceptors (Lipinski definition) is 5. The quantitative estimate of drug-likeness (QED) is 0.445. The number of ether oxygens (including phenoxy) is 2. The minimum atomic E-state index is -0.648. The Labute approximate surface area is 98.6 Å². The fourth-order valence-corrected chi connectivity index (χ4v) is 1.37. The molecule has 0 N–H and O–H groups in total. The van der Waals surface area contributed by atoms with E-state index in [0.717, 1.165) is 0 Å². The van der Waals surface area contributed by atoms with Gasteiger partial charge in [0.2, 0.25) is 0 Å². The molecule has 17 heavy (non-hydrogen) atoms. The highest BCUT2D eigenvalue weighted by Gasteiger charge is 2.20. The molecule has 0 saturated heterocycles. The lowest BCUT2D eigenvalue weighted by molar-refractivity contribution is -0.139. The first-order valence-electron chi connectivity index (χ1n) is 4.81. The van der Waals surface area contributed by atoms with Gasteiger partial charge < -0.3 is 9.47 Å². The van der Waals surface area contributed by atoms with Crippen LogP contribution in [0.3, 0.4) is 0 Å². The third-order valence-electron chi connectivity index (χ3n) is 2.18. The number of nitrogens with zero attached hydrogens (tertiary/aromatic N) is 1. The van der Waals surface area contributed by atoms with E-state index in [4.69, 9.17) is 10.00 Å². The molecule has 0 aliphatic carbocycles. The van der Waals surface area contributed by atoms with Gasteiger partial charge in [0.15, 0.2) is 5.78 Å². The predicted molar refractivity (Wildman–Crippen MR) is 58.7 cm³/mol. The summed E-state index contributed by atoms with van der Waals surface area (Å²) in [6.07, 6.45) is -0.411. The van der Waals surface area contributed by atoms with Crippen molar-refractivity contribution in [3.8, 4) is 11.8 Å². The minimum absolute atomic E-state index is 0.114. The highest BCUT2D eigenvalue weighted by atomic mass is 16.5. The molecule has 0 saturated carbocycles. The standard InChI is InChI=1S/C12H11NO4/c1-16-10-5-3-4-8(7-13)12(10)9(14)6-11(15)17-2/h3-5H,6H2,1-2H3. The largest absolute Gasteiger partial charge is 0.496 e. The van der Waals surface area contributed by atoms with Crippen LogP contribution in [0.15, 0.2) is 18.2 Å². The van der Waals surface area contributed by atoms with Crippen molar-refractivity contribution in [1.82, 2.24) is 0 Å². The lowest BCUT2D eigenvalue weighted by Crippen LogP contribution is -2.12. The molecule has 0 aromatic heterocycles. The van der Waals surface area contributed by atoms with Gasteiger partial charge in [-0.15, -0.1) is 0 Å². The Hall–Kier alpha value is -2.35. The average Bonchev–Trinajstić information content (AvgIpc) is 2.37. The zero-order valence-corrected chi connectivity index (χ0v) is 9.52. The summed E-state index contributed by atoms with van der Waals surface area (Å²) in [4.78, 5) is 22.9. The maximum atomic E-state index is 11.8. The highest BCUT2D eigenvalue weighted by molar-refractivity contribution is 6.08. The lowest BCUT2D eigenvalue weighted by Gasteiger charge is -2.08. The molecule has 0 amide bonds. The molecular formula is C12H11NO4. The normalized spacial score (nSPS) is 9.24. The minimum Gasteiger partial charge on any atom is -0.496 e. The molecule has 5 heteroatoms. The monoisotopic (exact) mass is 233 g/mol. The van der Waals surface area contributed by atoms with Gasteiger partial charge >= 0.3 is 5.97 Å². The van der Waals surface area contributed by atoms with E-state index in [-0.39, 0.29) is 16.9 Å². The van der Waals surface area contributed by atoms with E-state index in [2.05, 4.69) is 4.74 Å². The van der Waals surface area contributed by atoms with Gasteiger partial charge in [-0.1, -0.05) is 6.07 Å². The fourth-order valence-electron chi connectivity index (χ4n) is 1.37. The van der Waals surface area contributed by atoms with Crippen LogP contribution >= 0.6 is 0 Å². The smallest absolute Gasteiger partial charge is 0.313 e. The number of nitriles is 1. The Morgan fingerprint density at radius 2 is 2.06 bits per heavy atom. The summed E-state index contributed by atoms with van der Waals surface area (Å²) in [7, 11) is 2.59. The molecule has 0 aliphatic heterocycles. The van der Waals surface area contributed by atoms with Crippen LogP contribution < -0.4 is 4.74 Å². The van der Waals surface area contributed by atoms with Gasteiger partial charge in [-0.3, -0.25) is 9.59 Å². The van der Waals surface area contributed by atoms with Crippen molar-refractivity contribution in [3.05, 3.63) is 29.3 Å². The van der Waals surface area contributed by atoms with Crippen molar-refractivity contribution in [2.45, 2.75) is 6.42 Å². The summed E-state index contributed by atoms with van der Waals surface area (Å²) >= 11 is 0. The van der Waals surface area contributed by atoms with E-state index >= 15 is 0 Å². The van der Waals surface area contributed by atoms with Gasteiger partial charge in [0.25, 0.3) is 0 Å². The van der Waals surface area contributed by atoms with Crippen molar-refractivity contribution in [2.24, 2.45) is 0 Å². The van der Waals surface area contributed by atoms with Crippen molar-refractivity contribution in [2.75, 3.05) is 14.2 Å². The Kier molecular flexibility index (Phi) is 4.23. The number of ketones is 1. The third-order valence-corrected chi connectivity index (χ3v) is 2.18. The van der Waals surface area contributed by atoms with E-state index in [1.807, 2.05) is 6.07 Å². The molecule has 88 valence electrons. The Morgan fingerprint density at radius 1 is 1.35 bits per heavy atom. The molecule has 0 spiro atoms. The fraction of sp³-hybridized carbons (Fsp3) is 0.250. The molecule has 0 atom stereocenters. The maximum absolute atomic E-state index is 11.8. The van der Waals surface area contributed by atoms with Gasteiger partial charge in [-0.2, -0.15) is 5.26 Å². The van der Waals surface area contributed by atoms with Crippen LogP contribution in [0.5, 0.6) is 5.75 Å². The van der Waals surface area contributed by atoms with E-state index in [0.29, 0.717) is 0 Å². The molecule has 1 aromatic rings. The molecule has 1 rings (SSSR count). The van der Waals surface area contributed by atoms with Crippen molar-refractivity contribution >= 4 is 11.8 Å². The van der Waals surface area contributed by atoms with E-state index in [1.165, 1.54) is 20.3 Å². The Bertz CT molecular complexity index is 488. The number of carbonyl (C=O) groups is 2. The van der Waals surface area contributed by atoms with E-state index < -0.39 is 18.2 Å². The Morgan fingerprint density at radius 3 is 2.59 bits per heavy atom. The first kappa shape index (κ1) is 12.7. The van der Waals surface area contributed by atoms with Crippen molar-refractivity contribution < 1.29 is 19.1 Å². The number of Topliss-reactive ketones (excluding diaryl/α,β-unsaturated/α-hetero) is 1. The molecule has 0 aliphatic rings. The molecular weight excluding hydrogens is 222 g/mol. The topological polar surface area (TPSA) is 76.4 Å². The van der Waals surface area contributed by atoms with Crippen molar-refractivity contribution in [3.63, 3.8) is 0 Å². The van der Waals surface area contributed by atoms with Crippen LogP contribution in [-0.2, 0) is 9.53 Å². The summed E-state index contributed by atoms with van der Waals surface area (Å²) in [5.41, 5.74) is 0.293. The van der Waals surface area contributed by atoms with Crippen molar-refractivity contribution in [1.29, 1.82) is 5.26 Å². The zero-order chi connectivity index (χ0) is 12.8. The number of carbonyl (C=O) groups excluding carboxylic acids is 2. The number of hydrogen-bond donors (Lipinski definition) is 0. The number of benzene rings is 1. The van der Waals surface area contributed by atoms with Crippen LogP contribution in [0.1, 0.15) is 22.3 Å². The molecule has 0 radical (unpaired) electrons. The lowest BCUT2D eigenvalue weighted by atomic mass is 10.0. The van der Waals surface area contributed by atoms with Gasteiger partial charge in [0.1, 0.15) is 18.2 Å². The van der Waals surface area contributed by atoms with Gasteiger partial charge in [-0.25, -0.2) is 0 Å². The van der Waals surface area contributed by atoms with Gasteiger partial charge in [-0.05, 0) is 12.1 Å². The number of rotatable bonds is 4. The Balaban J connectivity index is 3.15. The summed E-state index contributed by atoms with van der Waals surface area (Å²) in [5.74, 6) is -0.867. The summed E-state index contributed by atoms with van der Waals surface area (Å²) in [6.45, 7) is 0. The number of esters is 1. The maximum Gasteiger partial charge on any atom is 0.313 e. The first-order valence-corrected chi connectivity index (χ1v) is 4.81. The first-order chi connectivity index (χ1) is 8.13. The zero-order valence-electron chi connectivity index (χ0n) is 9.52. The molecule has 5 nitrogen and oxygen atoms in total. The second kappa shape index (κ2) is 5.66. The van der Waals surface area contributed by atoms with Gasteiger partial charge in [0, 0.05) is 0 Å². The second-order valence-electron chi connectivity index (χ2n) is 3.17. The highest BCUT2D eigenvalue weighted by Crippen LogP contribution is 2.23. The molecule has 0 heterocycles. The van der Waals surface area contributed by atoms with Crippen LogP contribution in [0.2, 0.25) is 0 Å². The summed E-state index contributed by atoms with van der Waals surface area (Å²) in [6, 6.07) is 6.55. The molecule has 1 aromatic carbocycles. The van der Waals surface area contributed by atoms with Crippen LogP contribution in [-0.4, -0.2) is 26.0 Å². The van der Waals surface area contributed by atoms with Gasteiger partial charge in [0.05, 0.1) is 25.3 Å². The molecule has 0 fully saturated rings. The van der Waals surface area contributed by atoms with E-state index in [1.54, 1.807) is 12.1 Å². The number of methoxy groups -OCH3 is 2.